The van der Waals surface area contributed by atoms with E-state index in [2.05, 4.69) is 78.4 Å². The largest absolute Gasteiger partial charge is 0.292 e. The minimum absolute atomic E-state index is 1.22. The molecule has 0 heterocycles. The van der Waals surface area contributed by atoms with Crippen molar-refractivity contribution in [3.8, 4) is 0 Å². The highest BCUT2D eigenvalue weighted by atomic mass is 33.1. The predicted octanol–water partition coefficient (Wildman–Crippen LogP) is 8.76. The Morgan fingerprint density at radius 3 is 1.71 bits per heavy atom. The maximum Gasteiger partial charge on any atom is 0.292 e. The standard InChI is InChI=1S/C24H34NS3/c1-3-4-5-6-7-8-9-16-21-27-28-24(26-2)25(22-17-12-10-13-18-22)23-19-14-11-15-20-23/h10-15,17-20H,3-9,16,21H2,1-2H3/q+1. The first kappa shape index (κ1) is 23.4. The summed E-state index contributed by atoms with van der Waals surface area (Å²) < 4.78 is 3.69. The lowest BCUT2D eigenvalue weighted by molar-refractivity contribution is 0.586. The Balaban J connectivity index is 1.88. The summed E-state index contributed by atoms with van der Waals surface area (Å²) in [5.74, 6) is 1.22. The summed E-state index contributed by atoms with van der Waals surface area (Å²) in [6.45, 7) is 2.28. The second kappa shape index (κ2) is 15.1. The van der Waals surface area contributed by atoms with Gasteiger partial charge in [0.15, 0.2) is 0 Å². The Kier molecular flexibility index (Phi) is 12.6. The van der Waals surface area contributed by atoms with Gasteiger partial charge in [0.2, 0.25) is 11.4 Å². The van der Waals surface area contributed by atoms with Crippen molar-refractivity contribution in [3.63, 3.8) is 0 Å². The van der Waals surface area contributed by atoms with Crippen molar-refractivity contribution in [3.05, 3.63) is 60.7 Å². The second-order valence-electron chi connectivity index (χ2n) is 6.86. The van der Waals surface area contributed by atoms with Gasteiger partial charge in [-0.05, 0) is 12.7 Å². The van der Waals surface area contributed by atoms with Crippen LogP contribution in [0, 0.1) is 0 Å². The van der Waals surface area contributed by atoms with Gasteiger partial charge < -0.3 is 0 Å². The van der Waals surface area contributed by atoms with Gasteiger partial charge in [-0.15, -0.1) is 4.58 Å². The van der Waals surface area contributed by atoms with Crippen LogP contribution in [0.25, 0.3) is 0 Å². The lowest BCUT2D eigenvalue weighted by Gasteiger charge is -2.07. The topological polar surface area (TPSA) is 3.01 Å². The van der Waals surface area contributed by atoms with E-state index in [9.17, 15) is 0 Å². The smallest absolute Gasteiger partial charge is 0.142 e. The van der Waals surface area contributed by atoms with E-state index < -0.39 is 0 Å². The number of para-hydroxylation sites is 2. The van der Waals surface area contributed by atoms with Crippen LogP contribution in [0.15, 0.2) is 60.7 Å². The Morgan fingerprint density at radius 1 is 0.714 bits per heavy atom. The summed E-state index contributed by atoms with van der Waals surface area (Å²) in [4.78, 5) is 0. The molecule has 2 aromatic carbocycles. The molecule has 0 aliphatic carbocycles. The first-order valence-electron chi connectivity index (χ1n) is 10.5. The third-order valence-corrected chi connectivity index (χ3v) is 8.42. The molecule has 0 N–H and O–H groups in total. The van der Waals surface area contributed by atoms with Crippen LogP contribution in [0.5, 0.6) is 0 Å². The molecule has 0 saturated carbocycles. The van der Waals surface area contributed by atoms with Crippen LogP contribution in [0.3, 0.4) is 0 Å². The van der Waals surface area contributed by atoms with Crippen LogP contribution in [-0.2, 0) is 0 Å². The molecule has 0 amide bonds. The maximum atomic E-state index is 2.37. The number of hydrogen-bond acceptors (Lipinski definition) is 3. The predicted molar refractivity (Wildman–Crippen MR) is 136 cm³/mol. The van der Waals surface area contributed by atoms with Crippen molar-refractivity contribution in [2.45, 2.75) is 58.3 Å². The van der Waals surface area contributed by atoms with Crippen molar-refractivity contribution >= 4 is 49.1 Å². The molecule has 0 aliphatic rings. The summed E-state index contributed by atoms with van der Waals surface area (Å²) in [5, 5.41) is 0. The number of nitrogens with zero attached hydrogens (tertiary/aromatic N) is 1. The molecule has 1 nitrogen and oxygen atoms in total. The minimum Gasteiger partial charge on any atom is -0.142 e. The normalized spacial score (nSPS) is 10.8. The zero-order valence-electron chi connectivity index (χ0n) is 17.3. The average Bonchev–Trinajstić information content (AvgIpc) is 2.75. The van der Waals surface area contributed by atoms with E-state index in [0.717, 1.165) is 0 Å². The Labute approximate surface area is 184 Å². The molecule has 2 aromatic rings. The van der Waals surface area contributed by atoms with Gasteiger partial charge in [0.25, 0.3) is 4.38 Å². The van der Waals surface area contributed by atoms with E-state index in [1.54, 1.807) is 0 Å². The SMILES string of the molecule is CCCCCCCCCCSSC(SC)=[N+](c1ccccc1)c1ccccc1. The Hall–Kier alpha value is -0.840. The lowest BCUT2D eigenvalue weighted by Crippen LogP contribution is -2.10. The van der Waals surface area contributed by atoms with Crippen LogP contribution in [0.1, 0.15) is 58.3 Å². The van der Waals surface area contributed by atoms with Gasteiger partial charge >= 0.3 is 0 Å². The molecule has 152 valence electrons. The zero-order valence-corrected chi connectivity index (χ0v) is 19.8. The first-order chi connectivity index (χ1) is 13.9. The fraction of sp³-hybridized carbons (Fsp3) is 0.458. The summed E-state index contributed by atoms with van der Waals surface area (Å²) in [6, 6.07) is 21.4. The molecular weight excluding hydrogens is 398 g/mol. The molecule has 0 radical (unpaired) electrons. The van der Waals surface area contributed by atoms with Gasteiger partial charge in [-0.3, -0.25) is 0 Å². The summed E-state index contributed by atoms with van der Waals surface area (Å²) >= 11 is 1.83. The van der Waals surface area contributed by atoms with Gasteiger partial charge in [-0.2, -0.15) is 0 Å². The molecule has 0 fully saturated rings. The number of hydrogen-bond donors (Lipinski definition) is 0. The first-order valence-corrected chi connectivity index (χ1v) is 14.0. The molecule has 0 bridgehead atoms. The molecule has 0 saturated heterocycles. The fourth-order valence-corrected chi connectivity index (χ4v) is 6.70. The molecule has 4 heteroatoms. The highest BCUT2D eigenvalue weighted by Crippen LogP contribution is 2.33. The third-order valence-electron chi connectivity index (χ3n) is 4.60. The summed E-state index contributed by atoms with van der Waals surface area (Å²) in [5.41, 5.74) is 2.44. The van der Waals surface area contributed by atoms with Gasteiger partial charge in [-0.1, -0.05) is 111 Å². The second-order valence-corrected chi connectivity index (χ2v) is 10.3. The van der Waals surface area contributed by atoms with Crippen LogP contribution in [0.4, 0.5) is 11.4 Å². The number of unbranched alkanes of at least 4 members (excludes halogenated alkanes) is 7. The molecule has 0 unspecified atom stereocenters. The van der Waals surface area contributed by atoms with Crippen molar-refractivity contribution in [2.24, 2.45) is 0 Å². The van der Waals surface area contributed by atoms with Gasteiger partial charge in [0.1, 0.15) is 0 Å². The van der Waals surface area contributed by atoms with E-state index in [1.165, 1.54) is 72.9 Å². The van der Waals surface area contributed by atoms with Gasteiger partial charge in [0.05, 0.1) is 0 Å². The maximum absolute atomic E-state index is 2.37. The molecule has 0 aliphatic heterocycles. The van der Waals surface area contributed by atoms with Crippen LogP contribution in [-0.4, -0.2) is 16.4 Å². The highest BCUT2D eigenvalue weighted by Gasteiger charge is 2.20. The molecule has 0 spiro atoms. The highest BCUT2D eigenvalue weighted by molar-refractivity contribution is 8.86. The molecule has 0 atom stereocenters. The summed E-state index contributed by atoms with van der Waals surface area (Å²) in [6.07, 6.45) is 13.3. The number of benzene rings is 2. The van der Waals surface area contributed by atoms with Crippen molar-refractivity contribution in [2.75, 3.05) is 12.0 Å². The summed E-state index contributed by atoms with van der Waals surface area (Å²) in [7, 11) is 3.91. The average molecular weight is 433 g/mol. The molecule has 28 heavy (non-hydrogen) atoms. The van der Waals surface area contributed by atoms with Crippen LogP contribution < -0.4 is 4.58 Å². The lowest BCUT2D eigenvalue weighted by atomic mass is 10.1. The number of rotatable bonds is 12. The minimum atomic E-state index is 1.22. The van der Waals surface area contributed by atoms with Crippen LogP contribution >= 0.6 is 33.3 Å². The van der Waals surface area contributed by atoms with Gasteiger partial charge in [0, 0.05) is 40.8 Å². The number of thioether (sulfide) groups is 1. The Bertz CT molecular complexity index is 629. The van der Waals surface area contributed by atoms with Gasteiger partial charge in [-0.25, -0.2) is 0 Å². The van der Waals surface area contributed by atoms with Crippen molar-refractivity contribution in [1.29, 1.82) is 0 Å². The van der Waals surface area contributed by atoms with E-state index in [0.29, 0.717) is 0 Å². The van der Waals surface area contributed by atoms with E-state index in [1.807, 2.05) is 33.3 Å². The zero-order chi connectivity index (χ0) is 19.9. The third kappa shape index (κ3) is 8.67. The monoisotopic (exact) mass is 432 g/mol. The quantitative estimate of drug-likeness (QED) is 0.108. The van der Waals surface area contributed by atoms with E-state index in [4.69, 9.17) is 0 Å². The van der Waals surface area contributed by atoms with Crippen LogP contribution in [0.2, 0.25) is 0 Å². The molecular formula is C24H34NS3+. The van der Waals surface area contributed by atoms with E-state index in [-0.39, 0.29) is 0 Å². The molecule has 0 aromatic heterocycles. The Morgan fingerprint density at radius 2 is 1.21 bits per heavy atom. The molecule has 2 rings (SSSR count). The van der Waals surface area contributed by atoms with Crippen molar-refractivity contribution in [1.82, 2.24) is 4.58 Å². The fourth-order valence-electron chi connectivity index (χ4n) is 3.06. The van der Waals surface area contributed by atoms with E-state index >= 15 is 0 Å². The van der Waals surface area contributed by atoms with Crippen molar-refractivity contribution < 1.29 is 0 Å².